The molecule has 0 unspecified atom stereocenters. The molecule has 1 aromatic rings. The average Bonchev–Trinajstić information content (AvgIpc) is 3.16. The fourth-order valence-corrected chi connectivity index (χ4v) is 6.02. The second-order valence-electron chi connectivity index (χ2n) is 10.1. The van der Waals surface area contributed by atoms with Crippen LogP contribution >= 0.6 is 0 Å². The van der Waals surface area contributed by atoms with Gasteiger partial charge in [-0.3, -0.25) is 14.7 Å². The van der Waals surface area contributed by atoms with Gasteiger partial charge in [-0.2, -0.15) is 4.31 Å². The molecule has 10 nitrogen and oxygen atoms in total. The van der Waals surface area contributed by atoms with E-state index >= 15 is 0 Å². The van der Waals surface area contributed by atoms with E-state index in [9.17, 15) is 18.0 Å². The number of nitrogens with one attached hydrogen (secondary N) is 1. The van der Waals surface area contributed by atoms with Crippen LogP contribution in [-0.4, -0.2) is 69.4 Å². The molecular weight excluding hydrogens is 506 g/mol. The van der Waals surface area contributed by atoms with Crippen molar-refractivity contribution in [1.82, 2.24) is 9.62 Å². The lowest BCUT2D eigenvalue weighted by atomic mass is 9.89. The number of sulfonamides is 1. The first kappa shape index (κ1) is 29.8. The van der Waals surface area contributed by atoms with Gasteiger partial charge in [0.05, 0.1) is 0 Å². The number of amidine groups is 1. The number of rotatable bonds is 12. The summed E-state index contributed by atoms with van der Waals surface area (Å²) in [4.78, 5) is 30.3. The van der Waals surface area contributed by atoms with Gasteiger partial charge in [-0.15, -0.1) is 0 Å². The first-order valence-electron chi connectivity index (χ1n) is 13.3. The Morgan fingerprint density at radius 2 is 1.84 bits per heavy atom. The summed E-state index contributed by atoms with van der Waals surface area (Å²) in [5, 5.41) is 4.14. The number of aliphatic imine (C=N–C) groups is 1. The maximum Gasteiger partial charge on any atom is 0.318 e. The minimum absolute atomic E-state index is 0.126. The third kappa shape index (κ3) is 7.21. The number of unbranched alkanes of at least 4 members (excludes halogenated alkanes) is 2. The van der Waals surface area contributed by atoms with Gasteiger partial charge in [0.25, 0.3) is 5.91 Å². The maximum absolute atomic E-state index is 13.1. The molecule has 0 radical (unpaired) electrons. The highest BCUT2D eigenvalue weighted by Crippen LogP contribution is 2.32. The van der Waals surface area contributed by atoms with E-state index in [1.165, 1.54) is 14.6 Å². The predicted octanol–water partition coefficient (Wildman–Crippen LogP) is 3.47. The molecule has 11 heteroatoms. The van der Waals surface area contributed by atoms with Crippen molar-refractivity contribution in [3.8, 4) is 0 Å². The van der Waals surface area contributed by atoms with Gasteiger partial charge in [-0.25, -0.2) is 13.2 Å². The molecule has 1 aromatic carbocycles. The summed E-state index contributed by atoms with van der Waals surface area (Å²) in [6.45, 7) is 7.80. The summed E-state index contributed by atoms with van der Waals surface area (Å²) >= 11 is 0. The number of amides is 3. The van der Waals surface area contributed by atoms with Crippen LogP contribution in [0.1, 0.15) is 68.6 Å². The van der Waals surface area contributed by atoms with Gasteiger partial charge in [0.2, 0.25) is 10.0 Å². The highest BCUT2D eigenvalue weighted by molar-refractivity contribution is 7.92. The standard InChI is InChI=1S/C27H41N5O5S/c1-5-15-37-16-8-6-7-9-24-29-25(33)27(30-24)11-13-32(14-12-27)38(35,36)17-10-23-20(2)18-22(19-21(23)3)31(4)26(28)34/h10,17-19H,5-9,11-16H2,1-4H3,(H2,28,34)(H,29,30,33)/b17-10+. The first-order valence-corrected chi connectivity index (χ1v) is 14.8. The molecule has 2 aliphatic rings. The molecule has 210 valence electrons. The monoisotopic (exact) mass is 547 g/mol. The Morgan fingerprint density at radius 1 is 1.18 bits per heavy atom. The van der Waals surface area contributed by atoms with E-state index in [-0.39, 0.29) is 19.0 Å². The molecule has 2 heterocycles. The van der Waals surface area contributed by atoms with Gasteiger partial charge in [-0.1, -0.05) is 13.3 Å². The topological polar surface area (TPSA) is 134 Å². The molecule has 2 aliphatic heterocycles. The van der Waals surface area contributed by atoms with Crippen LogP contribution in [0.2, 0.25) is 0 Å². The summed E-state index contributed by atoms with van der Waals surface area (Å²) in [7, 11) is -2.10. The number of nitrogens with two attached hydrogens (primary N) is 1. The van der Waals surface area contributed by atoms with Gasteiger partial charge in [0.15, 0.2) is 0 Å². The van der Waals surface area contributed by atoms with Crippen LogP contribution in [0.5, 0.6) is 0 Å². The van der Waals surface area contributed by atoms with Crippen molar-refractivity contribution in [3.05, 3.63) is 34.2 Å². The normalized spacial score (nSPS) is 17.7. The molecule has 38 heavy (non-hydrogen) atoms. The molecule has 0 atom stereocenters. The number of hydrogen-bond donors (Lipinski definition) is 2. The van der Waals surface area contributed by atoms with E-state index in [1.807, 2.05) is 13.8 Å². The highest BCUT2D eigenvalue weighted by atomic mass is 32.2. The fourth-order valence-electron chi connectivity index (χ4n) is 4.85. The van der Waals surface area contributed by atoms with Crippen molar-refractivity contribution in [2.24, 2.45) is 10.7 Å². The Bertz CT molecular complexity index is 1160. The number of nitrogens with zero attached hydrogens (tertiary/aromatic N) is 3. The smallest absolute Gasteiger partial charge is 0.318 e. The zero-order valence-corrected chi connectivity index (χ0v) is 23.8. The largest absolute Gasteiger partial charge is 0.381 e. The zero-order valence-electron chi connectivity index (χ0n) is 23.0. The van der Waals surface area contributed by atoms with Gasteiger partial charge < -0.3 is 15.8 Å². The van der Waals surface area contributed by atoms with E-state index in [0.717, 1.165) is 55.6 Å². The molecule has 3 amide bonds. The van der Waals surface area contributed by atoms with Crippen molar-refractivity contribution in [1.29, 1.82) is 0 Å². The summed E-state index contributed by atoms with van der Waals surface area (Å²) in [6, 6.07) is 3.02. The summed E-state index contributed by atoms with van der Waals surface area (Å²) in [5.74, 6) is 0.579. The minimum atomic E-state index is -3.68. The molecule has 3 N–H and O–H groups in total. The number of primary amides is 1. The molecule has 1 spiro atoms. The molecule has 1 fully saturated rings. The number of piperidine rings is 1. The number of hydrogen-bond acceptors (Lipinski definition) is 6. The molecule has 3 rings (SSSR count). The van der Waals surface area contributed by atoms with Crippen molar-refractivity contribution < 1.29 is 22.7 Å². The van der Waals surface area contributed by atoms with Crippen molar-refractivity contribution in [3.63, 3.8) is 0 Å². The van der Waals surface area contributed by atoms with Gasteiger partial charge in [0, 0.05) is 50.9 Å². The van der Waals surface area contributed by atoms with Gasteiger partial charge >= 0.3 is 6.03 Å². The Kier molecular flexibility index (Phi) is 10.1. The van der Waals surface area contributed by atoms with Crippen LogP contribution in [0.25, 0.3) is 6.08 Å². The number of benzene rings is 1. The Hall–Kier alpha value is -2.76. The van der Waals surface area contributed by atoms with E-state index in [4.69, 9.17) is 15.5 Å². The van der Waals surface area contributed by atoms with E-state index in [2.05, 4.69) is 12.2 Å². The molecule has 1 saturated heterocycles. The van der Waals surface area contributed by atoms with Crippen LogP contribution in [0.15, 0.2) is 22.5 Å². The first-order chi connectivity index (χ1) is 18.0. The lowest BCUT2D eigenvalue weighted by molar-refractivity contribution is -0.124. The Labute approximate surface area is 226 Å². The molecule has 0 bridgehead atoms. The van der Waals surface area contributed by atoms with Crippen molar-refractivity contribution in [2.45, 2.75) is 71.3 Å². The number of ether oxygens (including phenoxy) is 1. The second kappa shape index (κ2) is 12.9. The Balaban J connectivity index is 1.58. The summed E-state index contributed by atoms with van der Waals surface area (Å²) in [5.41, 5.74) is 7.56. The minimum Gasteiger partial charge on any atom is -0.381 e. The van der Waals surface area contributed by atoms with Crippen LogP contribution in [0.4, 0.5) is 10.5 Å². The molecular formula is C27H41N5O5S. The summed E-state index contributed by atoms with van der Waals surface area (Å²) in [6.07, 6.45) is 6.94. The Morgan fingerprint density at radius 3 is 2.45 bits per heavy atom. The van der Waals surface area contributed by atoms with Crippen LogP contribution in [-0.2, 0) is 19.6 Å². The lowest BCUT2D eigenvalue weighted by Gasteiger charge is -2.34. The van der Waals surface area contributed by atoms with E-state index in [1.54, 1.807) is 25.3 Å². The maximum atomic E-state index is 13.1. The van der Waals surface area contributed by atoms with E-state index < -0.39 is 21.6 Å². The predicted molar refractivity (Wildman–Crippen MR) is 151 cm³/mol. The highest BCUT2D eigenvalue weighted by Gasteiger charge is 2.46. The molecule has 0 saturated carbocycles. The molecule has 0 aromatic heterocycles. The molecule has 0 aliphatic carbocycles. The quantitative estimate of drug-likeness (QED) is 0.387. The number of urea groups is 1. The number of anilines is 1. The third-order valence-electron chi connectivity index (χ3n) is 7.19. The number of aryl methyl sites for hydroxylation is 2. The van der Waals surface area contributed by atoms with Crippen LogP contribution in [0, 0.1) is 13.8 Å². The van der Waals surface area contributed by atoms with Crippen LogP contribution < -0.4 is 16.0 Å². The lowest BCUT2D eigenvalue weighted by Crippen LogP contribution is -2.50. The zero-order chi connectivity index (χ0) is 27.9. The SMILES string of the molecule is CCCOCCCCCC1=NC2(CCN(S(=O)(=O)/C=C/c3c(C)cc(N(C)C(N)=O)cc3C)CC2)C(=O)N1. The second-order valence-corrected chi connectivity index (χ2v) is 11.9. The fraction of sp³-hybridized carbons (Fsp3) is 0.593. The van der Waals surface area contributed by atoms with Crippen molar-refractivity contribution in [2.75, 3.05) is 38.3 Å². The van der Waals surface area contributed by atoms with E-state index in [0.29, 0.717) is 30.8 Å². The van der Waals surface area contributed by atoms with Crippen LogP contribution in [0.3, 0.4) is 0 Å². The number of carbonyl (C=O) groups excluding carboxylic acids is 2. The number of carbonyl (C=O) groups is 2. The average molecular weight is 548 g/mol. The van der Waals surface area contributed by atoms with Crippen molar-refractivity contribution >= 4 is 39.6 Å². The third-order valence-corrected chi connectivity index (χ3v) is 8.76. The van der Waals surface area contributed by atoms with Gasteiger partial charge in [0.1, 0.15) is 11.4 Å². The summed E-state index contributed by atoms with van der Waals surface area (Å²) < 4.78 is 33.1. The van der Waals surface area contributed by atoms with Gasteiger partial charge in [-0.05, 0) is 80.9 Å².